The molecule has 0 spiro atoms. The molecule has 218 valence electrons. The molecule has 7 rings (SSSR count). The zero-order valence-electron chi connectivity index (χ0n) is 23.7. The molecule has 1 aliphatic carbocycles. The van der Waals surface area contributed by atoms with E-state index in [0.29, 0.717) is 49.0 Å². The number of amides is 1. The van der Waals surface area contributed by atoms with Gasteiger partial charge in [-0.2, -0.15) is 5.10 Å². The van der Waals surface area contributed by atoms with Gasteiger partial charge in [-0.25, -0.2) is 24.0 Å². The molecule has 0 saturated carbocycles. The van der Waals surface area contributed by atoms with Crippen LogP contribution in [0.15, 0.2) is 79.8 Å². The summed E-state index contributed by atoms with van der Waals surface area (Å²) < 4.78 is 19.4. The van der Waals surface area contributed by atoms with Crippen molar-refractivity contribution in [3.63, 3.8) is 0 Å². The summed E-state index contributed by atoms with van der Waals surface area (Å²) in [6, 6.07) is 15.8. The molecule has 0 radical (unpaired) electrons. The summed E-state index contributed by atoms with van der Waals surface area (Å²) in [5.41, 5.74) is 10.4. The van der Waals surface area contributed by atoms with Crippen molar-refractivity contribution in [3.8, 4) is 22.9 Å². The minimum Gasteiger partial charge on any atom is -0.383 e. The number of piperidine rings is 1. The van der Waals surface area contributed by atoms with Gasteiger partial charge in [-0.3, -0.25) is 9.36 Å². The first-order chi connectivity index (χ1) is 20.9. The number of pyridine rings is 2. The van der Waals surface area contributed by atoms with Crippen LogP contribution in [0.5, 0.6) is 0 Å². The molecule has 11 heteroatoms. The third-order valence-corrected chi connectivity index (χ3v) is 8.58. The molecule has 1 aromatic carbocycles. The van der Waals surface area contributed by atoms with E-state index in [1.54, 1.807) is 22.0 Å². The van der Waals surface area contributed by atoms with Crippen molar-refractivity contribution in [1.29, 1.82) is 0 Å². The minimum absolute atomic E-state index is 0.0574. The van der Waals surface area contributed by atoms with Gasteiger partial charge in [0.25, 0.3) is 0 Å². The lowest BCUT2D eigenvalue weighted by molar-refractivity contribution is -0.128. The van der Waals surface area contributed by atoms with Gasteiger partial charge in [0.05, 0.1) is 5.56 Å². The van der Waals surface area contributed by atoms with Crippen molar-refractivity contribution in [2.45, 2.75) is 37.4 Å². The van der Waals surface area contributed by atoms with Crippen LogP contribution >= 0.6 is 0 Å². The maximum atomic E-state index is 15.6. The standard InChI is InChI=1S/C32H32FN9O/c1-2-28(43)40-17-12-32(33,13-18-40)20-36-25-9-6-21-19-22(7-8-23(21)25)42-30(24-5-3-14-35-29(24)34)38-26-10-11-27(39-31(26)42)41-16-4-15-37-41/h2-5,7-8,10-11,14-16,19,25,36H,1,6,9,12-13,17-18,20H2,(H2,34,35). The summed E-state index contributed by atoms with van der Waals surface area (Å²) in [5.74, 6) is 1.58. The van der Waals surface area contributed by atoms with Gasteiger partial charge in [0.15, 0.2) is 17.3 Å². The Morgan fingerprint density at radius 1 is 1.14 bits per heavy atom. The van der Waals surface area contributed by atoms with Crippen molar-refractivity contribution in [2.24, 2.45) is 0 Å². The van der Waals surface area contributed by atoms with E-state index in [0.717, 1.165) is 29.6 Å². The van der Waals surface area contributed by atoms with E-state index in [9.17, 15) is 4.79 Å². The Morgan fingerprint density at radius 3 is 2.77 bits per heavy atom. The lowest BCUT2D eigenvalue weighted by Crippen LogP contribution is -2.48. The first-order valence-electron chi connectivity index (χ1n) is 14.5. The number of likely N-dealkylation sites (tertiary alicyclic amines) is 1. The Bertz CT molecular complexity index is 1820. The van der Waals surface area contributed by atoms with Crippen LogP contribution < -0.4 is 11.1 Å². The molecule has 1 aliphatic heterocycles. The molecule has 1 saturated heterocycles. The number of nitrogens with zero attached hydrogens (tertiary/aromatic N) is 7. The second-order valence-corrected chi connectivity index (χ2v) is 11.2. The largest absolute Gasteiger partial charge is 0.383 e. The second kappa shape index (κ2) is 10.7. The smallest absolute Gasteiger partial charge is 0.245 e. The molecular formula is C32H32FN9O. The van der Waals surface area contributed by atoms with Gasteiger partial charge >= 0.3 is 0 Å². The third kappa shape index (κ3) is 4.95. The summed E-state index contributed by atoms with van der Waals surface area (Å²) in [6.07, 6.45) is 8.90. The molecule has 1 amide bonds. The number of carbonyl (C=O) groups is 1. The lowest BCUT2D eigenvalue weighted by Gasteiger charge is -2.36. The maximum absolute atomic E-state index is 15.6. The number of fused-ring (bicyclic) bond motifs is 2. The van der Waals surface area contributed by atoms with Crippen LogP contribution in [0.25, 0.3) is 34.1 Å². The van der Waals surface area contributed by atoms with E-state index in [2.05, 4.69) is 40.2 Å². The molecule has 5 aromatic rings. The van der Waals surface area contributed by atoms with Crippen LogP contribution in [0.2, 0.25) is 0 Å². The van der Waals surface area contributed by atoms with Crippen LogP contribution in [-0.4, -0.2) is 65.4 Å². The highest BCUT2D eigenvalue weighted by Gasteiger charge is 2.36. The quantitative estimate of drug-likeness (QED) is 0.276. The number of alkyl halides is 1. The Hall–Kier alpha value is -4.90. The van der Waals surface area contributed by atoms with E-state index >= 15 is 4.39 Å². The van der Waals surface area contributed by atoms with Gasteiger partial charge in [0, 0.05) is 62.8 Å². The Kier molecular flexibility index (Phi) is 6.73. The fraction of sp³-hybridized carbons (Fsp3) is 0.281. The zero-order valence-corrected chi connectivity index (χ0v) is 23.7. The first-order valence-corrected chi connectivity index (χ1v) is 14.5. The van der Waals surface area contributed by atoms with Crippen molar-refractivity contribution < 1.29 is 9.18 Å². The van der Waals surface area contributed by atoms with E-state index in [1.807, 2.05) is 41.1 Å². The SMILES string of the molecule is C=CC(=O)N1CCC(F)(CNC2CCc3cc(-n4c(-c5cccnc5N)nc5ccc(-n6cccn6)nc54)ccc32)CC1. The van der Waals surface area contributed by atoms with Gasteiger partial charge in [-0.1, -0.05) is 12.6 Å². The van der Waals surface area contributed by atoms with Crippen molar-refractivity contribution in [3.05, 3.63) is 90.9 Å². The normalized spacial score (nSPS) is 17.7. The van der Waals surface area contributed by atoms with Gasteiger partial charge in [-0.05, 0) is 72.5 Å². The number of benzene rings is 1. The number of imidazole rings is 1. The summed E-state index contributed by atoms with van der Waals surface area (Å²) in [7, 11) is 0. The molecule has 5 heterocycles. The predicted octanol–water partition coefficient (Wildman–Crippen LogP) is 4.34. The van der Waals surface area contributed by atoms with Crippen molar-refractivity contribution >= 4 is 22.9 Å². The number of hydrogen-bond donors (Lipinski definition) is 2. The van der Waals surface area contributed by atoms with Crippen LogP contribution in [0.1, 0.15) is 36.4 Å². The van der Waals surface area contributed by atoms with E-state index < -0.39 is 5.67 Å². The van der Waals surface area contributed by atoms with Crippen LogP contribution in [0.4, 0.5) is 10.2 Å². The molecule has 10 nitrogen and oxygen atoms in total. The number of rotatable bonds is 7. The first kappa shape index (κ1) is 27.0. The molecule has 3 N–H and O–H groups in total. The average Bonchev–Trinajstić information content (AvgIpc) is 3.79. The minimum atomic E-state index is -1.34. The summed E-state index contributed by atoms with van der Waals surface area (Å²) >= 11 is 0. The summed E-state index contributed by atoms with van der Waals surface area (Å²) in [6.45, 7) is 4.61. The van der Waals surface area contributed by atoms with Gasteiger partial charge < -0.3 is 16.0 Å². The summed E-state index contributed by atoms with van der Waals surface area (Å²) in [5, 5.41) is 7.83. The van der Waals surface area contributed by atoms with Crippen LogP contribution in [0.3, 0.4) is 0 Å². The van der Waals surface area contributed by atoms with Gasteiger partial charge in [0.2, 0.25) is 5.91 Å². The van der Waals surface area contributed by atoms with Gasteiger partial charge in [-0.15, -0.1) is 0 Å². The fourth-order valence-electron chi connectivity index (χ4n) is 6.21. The number of halogens is 1. The Balaban J connectivity index is 1.20. The van der Waals surface area contributed by atoms with E-state index in [4.69, 9.17) is 15.7 Å². The van der Waals surface area contributed by atoms with Gasteiger partial charge in [0.1, 0.15) is 17.0 Å². The van der Waals surface area contributed by atoms with Crippen molar-refractivity contribution in [2.75, 3.05) is 25.4 Å². The number of anilines is 1. The molecule has 1 fully saturated rings. The monoisotopic (exact) mass is 577 g/mol. The number of nitrogens with two attached hydrogens (primary N) is 1. The van der Waals surface area contributed by atoms with E-state index in [1.165, 1.54) is 17.2 Å². The molecule has 43 heavy (non-hydrogen) atoms. The summed E-state index contributed by atoms with van der Waals surface area (Å²) in [4.78, 5) is 27.7. The highest BCUT2D eigenvalue weighted by Crippen LogP contribution is 2.37. The Labute approximate surface area is 248 Å². The number of hydrogen-bond acceptors (Lipinski definition) is 7. The highest BCUT2D eigenvalue weighted by atomic mass is 19.1. The number of aromatic nitrogens is 6. The number of carbonyl (C=O) groups excluding carboxylic acids is 1. The maximum Gasteiger partial charge on any atom is 0.245 e. The zero-order chi connectivity index (χ0) is 29.6. The average molecular weight is 578 g/mol. The van der Waals surface area contributed by atoms with E-state index in [-0.39, 0.29) is 18.5 Å². The lowest BCUT2D eigenvalue weighted by atomic mass is 9.92. The van der Waals surface area contributed by atoms with Crippen LogP contribution in [-0.2, 0) is 11.2 Å². The van der Waals surface area contributed by atoms with Crippen molar-refractivity contribution in [1.82, 2.24) is 39.5 Å². The van der Waals surface area contributed by atoms with Crippen LogP contribution in [0, 0.1) is 0 Å². The highest BCUT2D eigenvalue weighted by molar-refractivity contribution is 5.87. The fourth-order valence-corrected chi connectivity index (χ4v) is 6.21. The molecular weight excluding hydrogens is 545 g/mol. The number of nitrogen functional groups attached to an aromatic ring is 1. The topological polar surface area (TPSA) is 120 Å². The molecule has 0 bridgehead atoms. The third-order valence-electron chi connectivity index (χ3n) is 8.58. The molecule has 1 unspecified atom stereocenters. The Morgan fingerprint density at radius 2 is 2.00 bits per heavy atom. The number of aryl methyl sites for hydroxylation is 1. The molecule has 4 aromatic heterocycles. The second-order valence-electron chi connectivity index (χ2n) is 11.2. The molecule has 1 atom stereocenters. The molecule has 2 aliphatic rings. The number of nitrogens with one attached hydrogen (secondary N) is 1. The predicted molar refractivity (Wildman–Crippen MR) is 163 cm³/mol.